The van der Waals surface area contributed by atoms with E-state index < -0.39 is 0 Å². The highest BCUT2D eigenvalue weighted by atomic mass is 32.1. The minimum atomic E-state index is 0.0778. The molecule has 0 aliphatic carbocycles. The van der Waals surface area contributed by atoms with Gasteiger partial charge in [-0.1, -0.05) is 5.92 Å². The normalized spacial score (nSPS) is 14.6. The zero-order valence-corrected chi connectivity index (χ0v) is 10.2. The van der Waals surface area contributed by atoms with Crippen molar-refractivity contribution in [1.29, 1.82) is 0 Å². The molecule has 0 aliphatic rings. The van der Waals surface area contributed by atoms with Crippen LogP contribution in [-0.2, 0) is 0 Å². The van der Waals surface area contributed by atoms with Crippen molar-refractivity contribution in [2.45, 2.75) is 25.9 Å². The van der Waals surface area contributed by atoms with Crippen molar-refractivity contribution in [3.8, 4) is 12.3 Å². The largest absolute Gasteiger partial charge is 0.297 e. The van der Waals surface area contributed by atoms with Crippen molar-refractivity contribution in [3.63, 3.8) is 0 Å². The number of aromatic nitrogens is 1. The van der Waals surface area contributed by atoms with Gasteiger partial charge in [0.1, 0.15) is 0 Å². The van der Waals surface area contributed by atoms with Crippen molar-refractivity contribution >= 4 is 21.6 Å². The molecule has 2 aromatic rings. The maximum Gasteiger partial charge on any atom is 0.0809 e. The Hall–Kier alpha value is -1.37. The number of hydrogen-bond donors (Lipinski definition) is 1. The molecule has 2 rings (SSSR count). The number of thiophene rings is 1. The summed E-state index contributed by atoms with van der Waals surface area (Å²) in [6.45, 7) is 4.08. The molecule has 1 N–H and O–H groups in total. The van der Waals surface area contributed by atoms with E-state index in [0.717, 1.165) is 5.52 Å². The monoisotopic (exact) mass is 230 g/mol. The molecule has 2 nitrogen and oxygen atoms in total. The Morgan fingerprint density at radius 2 is 2.31 bits per heavy atom. The fourth-order valence-corrected chi connectivity index (χ4v) is 2.41. The van der Waals surface area contributed by atoms with Crippen LogP contribution in [0.25, 0.3) is 10.2 Å². The molecule has 0 saturated carbocycles. The highest BCUT2D eigenvalue weighted by Gasteiger charge is 2.09. The molecule has 0 bridgehead atoms. The van der Waals surface area contributed by atoms with Crippen molar-refractivity contribution < 1.29 is 0 Å². The Labute approximate surface area is 99.7 Å². The Kier molecular flexibility index (Phi) is 3.23. The van der Waals surface area contributed by atoms with Gasteiger partial charge >= 0.3 is 0 Å². The van der Waals surface area contributed by atoms with E-state index in [1.165, 1.54) is 10.3 Å². The summed E-state index contributed by atoms with van der Waals surface area (Å²) in [4.78, 5) is 4.41. The van der Waals surface area contributed by atoms with Gasteiger partial charge in [0.2, 0.25) is 0 Å². The lowest BCUT2D eigenvalue weighted by Crippen LogP contribution is -2.27. The summed E-state index contributed by atoms with van der Waals surface area (Å²) < 4.78 is 1.22. The van der Waals surface area contributed by atoms with Crippen LogP contribution in [0.2, 0.25) is 0 Å². The topological polar surface area (TPSA) is 24.9 Å². The minimum absolute atomic E-state index is 0.0778. The zero-order valence-electron chi connectivity index (χ0n) is 9.40. The SMILES string of the molecule is C#CC(C)NC(C)c1cnc2ccsc2c1. The van der Waals surface area contributed by atoms with Crippen LogP contribution in [0.15, 0.2) is 23.7 Å². The number of nitrogens with zero attached hydrogens (tertiary/aromatic N) is 1. The van der Waals surface area contributed by atoms with E-state index in [4.69, 9.17) is 6.42 Å². The Balaban J connectivity index is 2.22. The first kappa shape index (κ1) is 11.1. The first-order valence-corrected chi connectivity index (χ1v) is 6.14. The van der Waals surface area contributed by atoms with E-state index in [9.17, 15) is 0 Å². The maximum atomic E-state index is 5.35. The Morgan fingerprint density at radius 1 is 1.50 bits per heavy atom. The second-order valence-electron chi connectivity index (χ2n) is 3.85. The molecule has 0 amide bonds. The first-order valence-electron chi connectivity index (χ1n) is 5.26. The van der Waals surface area contributed by atoms with Crippen molar-refractivity contribution in [2.24, 2.45) is 0 Å². The average Bonchev–Trinajstić information content (AvgIpc) is 2.75. The molecule has 2 aromatic heterocycles. The molecule has 2 unspecified atom stereocenters. The Morgan fingerprint density at radius 3 is 3.06 bits per heavy atom. The summed E-state index contributed by atoms with van der Waals surface area (Å²) in [6, 6.07) is 4.51. The average molecular weight is 230 g/mol. The Bertz CT molecular complexity index is 524. The van der Waals surface area contributed by atoms with Gasteiger partial charge in [-0.15, -0.1) is 17.8 Å². The second kappa shape index (κ2) is 4.65. The molecule has 2 atom stereocenters. The second-order valence-corrected chi connectivity index (χ2v) is 4.80. The van der Waals surface area contributed by atoms with Gasteiger partial charge in [-0.25, -0.2) is 0 Å². The molecule has 0 fully saturated rings. The van der Waals surface area contributed by atoms with Crippen LogP contribution in [0.4, 0.5) is 0 Å². The third kappa shape index (κ3) is 2.24. The lowest BCUT2D eigenvalue weighted by molar-refractivity contribution is 0.545. The molecule has 0 aromatic carbocycles. The fraction of sp³-hybridized carbons (Fsp3) is 0.308. The van der Waals surface area contributed by atoms with Crippen molar-refractivity contribution in [3.05, 3.63) is 29.3 Å². The number of terminal acetylenes is 1. The summed E-state index contributed by atoms with van der Waals surface area (Å²) >= 11 is 1.71. The van der Waals surface area contributed by atoms with Gasteiger partial charge in [0.05, 0.1) is 16.3 Å². The van der Waals surface area contributed by atoms with E-state index in [2.05, 4.69) is 34.6 Å². The summed E-state index contributed by atoms with van der Waals surface area (Å²) in [7, 11) is 0. The summed E-state index contributed by atoms with van der Waals surface area (Å²) in [5.74, 6) is 2.67. The van der Waals surface area contributed by atoms with E-state index in [0.29, 0.717) is 0 Å². The van der Waals surface area contributed by atoms with Crippen LogP contribution >= 0.6 is 11.3 Å². The highest BCUT2D eigenvalue weighted by molar-refractivity contribution is 7.17. The summed E-state index contributed by atoms with van der Waals surface area (Å²) in [5.41, 5.74) is 2.24. The third-order valence-corrected chi connectivity index (χ3v) is 3.43. The lowest BCUT2D eigenvalue weighted by Gasteiger charge is -2.16. The number of nitrogens with one attached hydrogen (secondary N) is 1. The predicted molar refractivity (Wildman–Crippen MR) is 69.5 cm³/mol. The van der Waals surface area contributed by atoms with E-state index in [1.54, 1.807) is 11.3 Å². The van der Waals surface area contributed by atoms with E-state index in [1.807, 2.05) is 19.2 Å². The molecule has 3 heteroatoms. The first-order chi connectivity index (χ1) is 7.70. The van der Waals surface area contributed by atoms with Gasteiger partial charge in [-0.3, -0.25) is 10.3 Å². The fourth-order valence-electron chi connectivity index (χ4n) is 1.62. The molecule has 16 heavy (non-hydrogen) atoms. The van der Waals surface area contributed by atoms with Gasteiger partial charge in [-0.05, 0) is 36.9 Å². The summed E-state index contributed by atoms with van der Waals surface area (Å²) in [6.07, 6.45) is 7.26. The molecular weight excluding hydrogens is 216 g/mol. The third-order valence-electron chi connectivity index (χ3n) is 2.57. The van der Waals surface area contributed by atoms with Gasteiger partial charge in [0.15, 0.2) is 0 Å². The van der Waals surface area contributed by atoms with Crippen LogP contribution in [0.5, 0.6) is 0 Å². The van der Waals surface area contributed by atoms with Gasteiger partial charge < -0.3 is 0 Å². The van der Waals surface area contributed by atoms with Gasteiger partial charge in [0.25, 0.3) is 0 Å². The van der Waals surface area contributed by atoms with Crippen LogP contribution in [0, 0.1) is 12.3 Å². The molecule has 2 heterocycles. The molecule has 0 aliphatic heterocycles. The molecular formula is C13H14N2S. The maximum absolute atomic E-state index is 5.35. The van der Waals surface area contributed by atoms with Crippen LogP contribution in [0.3, 0.4) is 0 Å². The number of rotatable bonds is 3. The summed E-state index contributed by atoms with van der Waals surface area (Å²) in [5, 5.41) is 5.39. The molecule has 82 valence electrons. The minimum Gasteiger partial charge on any atom is -0.297 e. The van der Waals surface area contributed by atoms with Crippen molar-refractivity contribution in [2.75, 3.05) is 0 Å². The van der Waals surface area contributed by atoms with Crippen LogP contribution < -0.4 is 5.32 Å². The van der Waals surface area contributed by atoms with Gasteiger partial charge in [-0.2, -0.15) is 0 Å². The quantitative estimate of drug-likeness (QED) is 0.820. The lowest BCUT2D eigenvalue weighted by atomic mass is 10.1. The van der Waals surface area contributed by atoms with E-state index in [-0.39, 0.29) is 12.1 Å². The number of hydrogen-bond acceptors (Lipinski definition) is 3. The number of pyridine rings is 1. The van der Waals surface area contributed by atoms with Crippen LogP contribution in [0.1, 0.15) is 25.5 Å². The van der Waals surface area contributed by atoms with Gasteiger partial charge in [0, 0.05) is 12.2 Å². The highest BCUT2D eigenvalue weighted by Crippen LogP contribution is 2.22. The number of fused-ring (bicyclic) bond motifs is 1. The molecule has 0 saturated heterocycles. The van der Waals surface area contributed by atoms with E-state index >= 15 is 0 Å². The van der Waals surface area contributed by atoms with Crippen molar-refractivity contribution in [1.82, 2.24) is 10.3 Å². The van der Waals surface area contributed by atoms with Crippen LogP contribution in [-0.4, -0.2) is 11.0 Å². The smallest absolute Gasteiger partial charge is 0.0809 e. The molecule has 0 spiro atoms. The zero-order chi connectivity index (χ0) is 11.5. The molecule has 0 radical (unpaired) electrons. The standard InChI is InChI=1S/C13H14N2S/c1-4-9(2)15-10(3)11-7-13-12(14-8-11)5-6-16-13/h1,5-10,15H,2-3H3. The predicted octanol–water partition coefficient (Wildman–Crippen LogP) is 2.97.